The van der Waals surface area contributed by atoms with E-state index in [2.05, 4.69) is 26.6 Å². The van der Waals surface area contributed by atoms with Crippen LogP contribution in [0, 0.1) is 6.92 Å². The fourth-order valence-corrected chi connectivity index (χ4v) is 3.79. The van der Waals surface area contributed by atoms with Crippen molar-refractivity contribution in [2.24, 2.45) is 0 Å². The Balaban J connectivity index is 1.94. The van der Waals surface area contributed by atoms with E-state index in [0.717, 1.165) is 15.6 Å². The Bertz CT molecular complexity index is 843. The molecular formula is C21H23BrN2O3. The lowest BCUT2D eigenvalue weighted by Crippen LogP contribution is -2.45. The van der Waals surface area contributed by atoms with Crippen molar-refractivity contribution in [1.82, 2.24) is 5.32 Å². The van der Waals surface area contributed by atoms with Gasteiger partial charge in [-0.25, -0.2) is 0 Å². The summed E-state index contributed by atoms with van der Waals surface area (Å²) in [6.07, 6.45) is 1.24. The van der Waals surface area contributed by atoms with Gasteiger partial charge in [0.05, 0.1) is 5.41 Å². The standard InChI is InChI=1S/C21H23BrN2O3/c1-14-17(19(25)23-2)4-3-5-18(14)24-20(26)21(10-12-27-13-11-21)15-6-8-16(22)9-7-15/h3-9H,10-13H2,1-2H3,(H,23,25)(H,24,26). The molecular weight excluding hydrogens is 408 g/mol. The highest BCUT2D eigenvalue weighted by Crippen LogP contribution is 2.37. The first-order valence-corrected chi connectivity index (χ1v) is 9.74. The quantitative estimate of drug-likeness (QED) is 0.774. The lowest BCUT2D eigenvalue weighted by atomic mass is 9.73. The molecule has 1 heterocycles. The zero-order chi connectivity index (χ0) is 19.4. The molecule has 27 heavy (non-hydrogen) atoms. The van der Waals surface area contributed by atoms with Crippen molar-refractivity contribution in [2.45, 2.75) is 25.2 Å². The van der Waals surface area contributed by atoms with Crippen molar-refractivity contribution < 1.29 is 14.3 Å². The molecule has 2 N–H and O–H groups in total. The van der Waals surface area contributed by atoms with Crippen LogP contribution in [0.15, 0.2) is 46.9 Å². The van der Waals surface area contributed by atoms with E-state index in [0.29, 0.717) is 37.3 Å². The third kappa shape index (κ3) is 3.92. The lowest BCUT2D eigenvalue weighted by Gasteiger charge is -2.36. The Labute approximate surface area is 167 Å². The second-order valence-electron chi connectivity index (χ2n) is 6.71. The maximum atomic E-state index is 13.4. The van der Waals surface area contributed by atoms with Gasteiger partial charge in [0, 0.05) is 36.0 Å². The first kappa shape index (κ1) is 19.6. The van der Waals surface area contributed by atoms with E-state index in [1.165, 1.54) is 0 Å². The molecule has 1 saturated heterocycles. The number of rotatable bonds is 4. The normalized spacial score (nSPS) is 15.8. The lowest BCUT2D eigenvalue weighted by molar-refractivity contribution is -0.125. The molecule has 0 saturated carbocycles. The topological polar surface area (TPSA) is 67.4 Å². The second kappa shape index (κ2) is 8.23. The molecule has 5 nitrogen and oxygen atoms in total. The number of benzene rings is 2. The van der Waals surface area contributed by atoms with Gasteiger partial charge in [-0.15, -0.1) is 0 Å². The van der Waals surface area contributed by atoms with Gasteiger partial charge in [0.1, 0.15) is 0 Å². The number of carbonyl (C=O) groups excluding carboxylic acids is 2. The molecule has 1 aliphatic rings. The Hall–Kier alpha value is -2.18. The van der Waals surface area contributed by atoms with E-state index in [9.17, 15) is 9.59 Å². The van der Waals surface area contributed by atoms with Gasteiger partial charge >= 0.3 is 0 Å². The summed E-state index contributed by atoms with van der Waals surface area (Å²) in [5, 5.41) is 5.70. The molecule has 0 spiro atoms. The van der Waals surface area contributed by atoms with E-state index in [4.69, 9.17) is 4.74 Å². The van der Waals surface area contributed by atoms with Gasteiger partial charge in [-0.05, 0) is 55.2 Å². The van der Waals surface area contributed by atoms with Gasteiger partial charge in [-0.3, -0.25) is 9.59 Å². The van der Waals surface area contributed by atoms with Crippen LogP contribution in [0.1, 0.15) is 34.3 Å². The highest BCUT2D eigenvalue weighted by Gasteiger charge is 2.41. The summed E-state index contributed by atoms with van der Waals surface area (Å²) in [5.74, 6) is -0.234. The largest absolute Gasteiger partial charge is 0.381 e. The summed E-state index contributed by atoms with van der Waals surface area (Å²) in [4.78, 5) is 25.4. The minimum Gasteiger partial charge on any atom is -0.381 e. The van der Waals surface area contributed by atoms with E-state index < -0.39 is 5.41 Å². The highest BCUT2D eigenvalue weighted by atomic mass is 79.9. The van der Waals surface area contributed by atoms with Crippen LogP contribution in [0.3, 0.4) is 0 Å². The summed E-state index contributed by atoms with van der Waals surface area (Å²) in [6, 6.07) is 13.3. The van der Waals surface area contributed by atoms with Crippen molar-refractivity contribution in [1.29, 1.82) is 0 Å². The summed E-state index contributed by atoms with van der Waals surface area (Å²) in [6.45, 7) is 2.93. The van der Waals surface area contributed by atoms with E-state index in [1.54, 1.807) is 19.2 Å². The second-order valence-corrected chi connectivity index (χ2v) is 7.63. The van der Waals surface area contributed by atoms with Gasteiger partial charge in [-0.1, -0.05) is 34.1 Å². The SMILES string of the molecule is CNC(=O)c1cccc(NC(=O)C2(c3ccc(Br)cc3)CCOCC2)c1C. The van der Waals surface area contributed by atoms with Crippen molar-refractivity contribution in [2.75, 3.05) is 25.6 Å². The molecule has 0 aromatic heterocycles. The monoisotopic (exact) mass is 430 g/mol. The predicted octanol–water partition coefficient (Wildman–Crippen LogP) is 3.80. The molecule has 0 aliphatic carbocycles. The zero-order valence-corrected chi connectivity index (χ0v) is 17.1. The van der Waals surface area contributed by atoms with Crippen molar-refractivity contribution in [3.63, 3.8) is 0 Å². The molecule has 0 radical (unpaired) electrons. The molecule has 2 amide bonds. The number of anilines is 1. The Kier molecular flexibility index (Phi) is 5.97. The van der Waals surface area contributed by atoms with Gasteiger partial charge < -0.3 is 15.4 Å². The van der Waals surface area contributed by atoms with E-state index >= 15 is 0 Å². The molecule has 2 aromatic carbocycles. The van der Waals surface area contributed by atoms with Crippen LogP contribution in [-0.4, -0.2) is 32.1 Å². The molecule has 3 rings (SSSR count). The van der Waals surface area contributed by atoms with Gasteiger partial charge in [0.25, 0.3) is 5.91 Å². The van der Waals surface area contributed by atoms with Crippen molar-refractivity contribution in [3.05, 3.63) is 63.6 Å². The average molecular weight is 431 g/mol. The average Bonchev–Trinajstić information content (AvgIpc) is 2.70. The Morgan fingerprint density at radius 3 is 2.37 bits per heavy atom. The highest BCUT2D eigenvalue weighted by molar-refractivity contribution is 9.10. The molecule has 0 atom stereocenters. The number of halogens is 1. The third-order valence-electron chi connectivity index (χ3n) is 5.23. The third-order valence-corrected chi connectivity index (χ3v) is 5.76. The predicted molar refractivity (Wildman–Crippen MR) is 109 cm³/mol. The molecule has 6 heteroatoms. The van der Waals surface area contributed by atoms with E-state index in [1.807, 2.05) is 37.3 Å². The zero-order valence-electron chi connectivity index (χ0n) is 15.5. The molecule has 0 bridgehead atoms. The van der Waals surface area contributed by atoms with Gasteiger partial charge in [0.2, 0.25) is 5.91 Å². The number of hydrogen-bond donors (Lipinski definition) is 2. The van der Waals surface area contributed by atoms with Crippen molar-refractivity contribution >= 4 is 33.4 Å². The van der Waals surface area contributed by atoms with Crippen LogP contribution in [0.25, 0.3) is 0 Å². The summed E-state index contributed by atoms with van der Waals surface area (Å²) < 4.78 is 6.49. The summed E-state index contributed by atoms with van der Waals surface area (Å²) in [5.41, 5.74) is 2.30. The first-order valence-electron chi connectivity index (χ1n) is 8.95. The van der Waals surface area contributed by atoms with Crippen LogP contribution < -0.4 is 10.6 Å². The van der Waals surface area contributed by atoms with Gasteiger partial charge in [0.15, 0.2) is 0 Å². The van der Waals surface area contributed by atoms with E-state index in [-0.39, 0.29) is 11.8 Å². The molecule has 2 aromatic rings. The summed E-state index contributed by atoms with van der Waals surface area (Å²) >= 11 is 3.45. The first-order chi connectivity index (χ1) is 13.0. The molecule has 0 unspecified atom stereocenters. The molecule has 1 fully saturated rings. The van der Waals surface area contributed by atoms with Crippen LogP contribution >= 0.6 is 15.9 Å². The number of hydrogen-bond acceptors (Lipinski definition) is 3. The minimum absolute atomic E-state index is 0.0646. The minimum atomic E-state index is -0.644. The van der Waals surface area contributed by atoms with Gasteiger partial charge in [-0.2, -0.15) is 0 Å². The Morgan fingerprint density at radius 2 is 1.74 bits per heavy atom. The Morgan fingerprint density at radius 1 is 1.07 bits per heavy atom. The molecule has 142 valence electrons. The fourth-order valence-electron chi connectivity index (χ4n) is 3.53. The summed E-state index contributed by atoms with van der Waals surface area (Å²) in [7, 11) is 1.59. The van der Waals surface area contributed by atoms with Crippen LogP contribution in [0.2, 0.25) is 0 Å². The van der Waals surface area contributed by atoms with Crippen LogP contribution in [0.4, 0.5) is 5.69 Å². The number of ether oxygens (including phenoxy) is 1. The smallest absolute Gasteiger partial charge is 0.251 e. The number of amides is 2. The van der Waals surface area contributed by atoms with Crippen molar-refractivity contribution in [3.8, 4) is 0 Å². The number of nitrogens with one attached hydrogen (secondary N) is 2. The maximum Gasteiger partial charge on any atom is 0.251 e. The fraction of sp³-hybridized carbons (Fsp3) is 0.333. The number of carbonyl (C=O) groups is 2. The molecule has 1 aliphatic heterocycles. The van der Waals surface area contributed by atoms with Crippen LogP contribution in [0.5, 0.6) is 0 Å². The maximum absolute atomic E-state index is 13.4. The van der Waals surface area contributed by atoms with Crippen LogP contribution in [-0.2, 0) is 14.9 Å².